The minimum Gasteiger partial charge on any atom is -0.355 e. The fourth-order valence-electron chi connectivity index (χ4n) is 2.54. The van der Waals surface area contributed by atoms with Gasteiger partial charge < -0.3 is 5.32 Å². The van der Waals surface area contributed by atoms with E-state index in [1.807, 2.05) is 6.07 Å². The molecular formula is C20H18IN. The van der Waals surface area contributed by atoms with Crippen molar-refractivity contribution in [3.63, 3.8) is 0 Å². The number of rotatable bonds is 3. The van der Waals surface area contributed by atoms with Crippen LogP contribution in [0.2, 0.25) is 0 Å². The van der Waals surface area contributed by atoms with Gasteiger partial charge in [0.2, 0.25) is 0 Å². The molecule has 1 nitrogen and oxygen atoms in total. The number of hydrogen-bond donors (Lipinski definition) is 1. The van der Waals surface area contributed by atoms with Gasteiger partial charge in [0, 0.05) is 20.5 Å². The van der Waals surface area contributed by atoms with E-state index < -0.39 is 0 Å². The van der Waals surface area contributed by atoms with Crippen molar-refractivity contribution in [2.45, 2.75) is 13.3 Å². The molecule has 0 aliphatic heterocycles. The van der Waals surface area contributed by atoms with E-state index in [1.54, 1.807) is 0 Å². The van der Waals surface area contributed by atoms with E-state index in [2.05, 4.69) is 102 Å². The average molecular weight is 399 g/mol. The summed E-state index contributed by atoms with van der Waals surface area (Å²) in [6.45, 7) is 2.17. The summed E-state index contributed by atoms with van der Waals surface area (Å²) in [5, 5.41) is 3.56. The maximum Gasteiger partial charge on any atom is 0.0460 e. The Labute approximate surface area is 145 Å². The second-order valence-corrected chi connectivity index (χ2v) is 6.56. The summed E-state index contributed by atoms with van der Waals surface area (Å²) >= 11 is 2.37. The zero-order valence-electron chi connectivity index (χ0n) is 12.5. The fraction of sp³-hybridized carbons (Fsp3) is 0.100. The van der Waals surface area contributed by atoms with Crippen LogP contribution in [-0.2, 0) is 0 Å². The highest BCUT2D eigenvalue weighted by molar-refractivity contribution is 14.1. The van der Waals surface area contributed by atoms with E-state index >= 15 is 0 Å². The molecule has 2 aromatic carbocycles. The fourth-order valence-corrected chi connectivity index (χ4v) is 3.03. The molecule has 0 aromatic heterocycles. The molecular weight excluding hydrogens is 381 g/mol. The molecule has 0 fully saturated rings. The van der Waals surface area contributed by atoms with Crippen molar-refractivity contribution >= 4 is 33.9 Å². The maximum absolute atomic E-state index is 3.56. The van der Waals surface area contributed by atoms with E-state index in [1.165, 1.54) is 20.3 Å². The third-order valence-corrected chi connectivity index (χ3v) is 4.34. The Balaban J connectivity index is 2.09. The molecule has 0 bridgehead atoms. The molecule has 0 amide bonds. The minimum absolute atomic E-state index is 0.965. The zero-order valence-corrected chi connectivity index (χ0v) is 14.7. The highest BCUT2D eigenvalue weighted by Crippen LogP contribution is 2.28. The molecule has 1 aliphatic rings. The van der Waals surface area contributed by atoms with Crippen molar-refractivity contribution in [3.05, 3.63) is 93.2 Å². The second-order valence-electron chi connectivity index (χ2n) is 5.32. The Bertz CT molecular complexity index is 755. The molecule has 3 rings (SSSR count). The first-order valence-electron chi connectivity index (χ1n) is 7.40. The quantitative estimate of drug-likeness (QED) is 0.630. The summed E-state index contributed by atoms with van der Waals surface area (Å²) in [7, 11) is 0. The van der Waals surface area contributed by atoms with Gasteiger partial charge in [-0.05, 0) is 77.4 Å². The van der Waals surface area contributed by atoms with E-state index in [0.717, 1.165) is 17.8 Å². The molecule has 22 heavy (non-hydrogen) atoms. The van der Waals surface area contributed by atoms with Crippen molar-refractivity contribution < 1.29 is 0 Å². The molecule has 0 spiro atoms. The van der Waals surface area contributed by atoms with Gasteiger partial charge in [0.25, 0.3) is 0 Å². The first-order chi connectivity index (χ1) is 10.7. The molecule has 2 aromatic rings. The number of aryl methyl sites for hydroxylation is 1. The van der Waals surface area contributed by atoms with Gasteiger partial charge in [-0.1, -0.05) is 42.5 Å². The van der Waals surface area contributed by atoms with Crippen molar-refractivity contribution in [2.75, 3.05) is 5.32 Å². The SMILES string of the molecule is Cc1ccc(I)cc1C1=C(Nc2ccccc2)C=CCC=C1. The molecule has 0 heterocycles. The Morgan fingerprint density at radius 2 is 1.73 bits per heavy atom. The second kappa shape index (κ2) is 6.97. The molecule has 0 saturated carbocycles. The van der Waals surface area contributed by atoms with Crippen molar-refractivity contribution in [1.82, 2.24) is 0 Å². The number of allylic oxidation sites excluding steroid dienone is 5. The number of hydrogen-bond acceptors (Lipinski definition) is 1. The Morgan fingerprint density at radius 1 is 0.955 bits per heavy atom. The van der Waals surface area contributed by atoms with Crippen molar-refractivity contribution in [3.8, 4) is 0 Å². The highest BCUT2D eigenvalue weighted by Gasteiger charge is 2.10. The lowest BCUT2D eigenvalue weighted by Crippen LogP contribution is -2.01. The van der Waals surface area contributed by atoms with Gasteiger partial charge in [0.15, 0.2) is 0 Å². The predicted molar refractivity (Wildman–Crippen MR) is 104 cm³/mol. The Kier molecular flexibility index (Phi) is 4.78. The maximum atomic E-state index is 3.56. The summed E-state index contributed by atoms with van der Waals surface area (Å²) in [4.78, 5) is 0. The summed E-state index contributed by atoms with van der Waals surface area (Å²) < 4.78 is 1.26. The number of benzene rings is 2. The molecule has 110 valence electrons. The van der Waals surface area contributed by atoms with Crippen LogP contribution in [0.4, 0.5) is 5.69 Å². The highest BCUT2D eigenvalue weighted by atomic mass is 127. The molecule has 1 aliphatic carbocycles. The average Bonchev–Trinajstić information content (AvgIpc) is 2.76. The van der Waals surface area contributed by atoms with Gasteiger partial charge in [-0.3, -0.25) is 0 Å². The van der Waals surface area contributed by atoms with Crippen molar-refractivity contribution in [1.29, 1.82) is 0 Å². The number of halogens is 1. The van der Waals surface area contributed by atoms with E-state index in [-0.39, 0.29) is 0 Å². The third kappa shape index (κ3) is 3.50. The molecule has 0 unspecified atom stereocenters. The standard InChI is InChI=1S/C20H18IN/c1-15-12-13-16(21)14-19(15)18-10-6-3-7-11-20(18)22-17-8-4-2-5-9-17/h2,4-14,22H,3H2,1H3. The van der Waals surface area contributed by atoms with Crippen LogP contribution in [0.5, 0.6) is 0 Å². The Hall–Kier alpha value is -1.81. The van der Waals surface area contributed by atoms with Crippen LogP contribution >= 0.6 is 22.6 Å². The minimum atomic E-state index is 0.965. The summed E-state index contributed by atoms with van der Waals surface area (Å²) in [5.74, 6) is 0. The molecule has 0 radical (unpaired) electrons. The van der Waals surface area contributed by atoms with Gasteiger partial charge in [0.05, 0.1) is 0 Å². The monoisotopic (exact) mass is 399 g/mol. The van der Waals surface area contributed by atoms with Crippen LogP contribution < -0.4 is 5.32 Å². The lowest BCUT2D eigenvalue weighted by atomic mass is 9.98. The van der Waals surface area contributed by atoms with Crippen molar-refractivity contribution in [2.24, 2.45) is 0 Å². The lowest BCUT2D eigenvalue weighted by molar-refractivity contribution is 1.39. The van der Waals surface area contributed by atoms with Crippen LogP contribution in [0.15, 0.2) is 78.5 Å². The predicted octanol–water partition coefficient (Wildman–Crippen LogP) is 5.94. The summed E-state index contributed by atoms with van der Waals surface area (Å²) in [5.41, 5.74) is 6.08. The number of para-hydroxylation sites is 1. The van der Waals surface area contributed by atoms with E-state index in [0.29, 0.717) is 0 Å². The number of anilines is 1. The molecule has 0 atom stereocenters. The normalized spacial score (nSPS) is 14.1. The van der Waals surface area contributed by atoms with E-state index in [9.17, 15) is 0 Å². The van der Waals surface area contributed by atoms with Crippen LogP contribution in [0, 0.1) is 10.5 Å². The number of nitrogens with one attached hydrogen (secondary N) is 1. The largest absolute Gasteiger partial charge is 0.355 e. The first kappa shape index (κ1) is 15.1. The lowest BCUT2D eigenvalue weighted by Gasteiger charge is -2.14. The molecule has 1 N–H and O–H groups in total. The summed E-state index contributed by atoms with van der Waals surface area (Å²) in [6.07, 6.45) is 9.78. The van der Waals surface area contributed by atoms with Gasteiger partial charge in [-0.2, -0.15) is 0 Å². The zero-order chi connectivity index (χ0) is 15.4. The van der Waals surface area contributed by atoms with Crippen LogP contribution in [0.3, 0.4) is 0 Å². The van der Waals surface area contributed by atoms with Crippen LogP contribution in [0.25, 0.3) is 5.57 Å². The van der Waals surface area contributed by atoms with Crippen LogP contribution in [0.1, 0.15) is 17.5 Å². The third-order valence-electron chi connectivity index (χ3n) is 3.67. The van der Waals surface area contributed by atoms with Gasteiger partial charge >= 0.3 is 0 Å². The summed E-state index contributed by atoms with van der Waals surface area (Å²) in [6, 6.07) is 16.9. The first-order valence-corrected chi connectivity index (χ1v) is 8.48. The van der Waals surface area contributed by atoms with Gasteiger partial charge in [-0.15, -0.1) is 0 Å². The smallest absolute Gasteiger partial charge is 0.0460 e. The molecule has 2 heteroatoms. The van der Waals surface area contributed by atoms with E-state index in [4.69, 9.17) is 0 Å². The van der Waals surface area contributed by atoms with Crippen LogP contribution in [-0.4, -0.2) is 0 Å². The Morgan fingerprint density at radius 3 is 2.55 bits per heavy atom. The van der Waals surface area contributed by atoms with Gasteiger partial charge in [0.1, 0.15) is 0 Å². The topological polar surface area (TPSA) is 12.0 Å². The molecule has 0 saturated heterocycles. The van der Waals surface area contributed by atoms with Gasteiger partial charge in [-0.25, -0.2) is 0 Å².